The molecule has 2 heterocycles. The van der Waals surface area contributed by atoms with Crippen molar-refractivity contribution in [3.8, 4) is 34.3 Å². The van der Waals surface area contributed by atoms with Crippen molar-refractivity contribution in [1.82, 2.24) is 0 Å². The molecule has 1 fully saturated rings. The lowest BCUT2D eigenvalue weighted by atomic mass is 9.90. The largest absolute Gasteiger partial charge is 0.507 e. The highest BCUT2D eigenvalue weighted by atomic mass is 16.5. The predicted molar refractivity (Wildman–Crippen MR) is 106 cm³/mol. The number of aliphatic hydroxyl groups is 3. The normalized spacial score (nSPS) is 26.3. The number of hydrogen-bond donors (Lipinski definition) is 7. The summed E-state index contributed by atoms with van der Waals surface area (Å²) in [4.78, 5) is 12.7. The number of rotatable bonds is 2. The maximum absolute atomic E-state index is 12.7. The first kappa shape index (κ1) is 20.9. The molecule has 5 atom stereocenters. The van der Waals surface area contributed by atoms with Gasteiger partial charge in [0.25, 0.3) is 0 Å². The number of aliphatic hydroxyl groups excluding tert-OH is 3. The van der Waals surface area contributed by atoms with Crippen LogP contribution in [-0.2, 0) is 4.74 Å². The molecule has 10 heteroatoms. The molecule has 7 N–H and O–H groups in total. The molecule has 2 aromatic carbocycles. The zero-order valence-electron chi connectivity index (χ0n) is 16.1. The Balaban J connectivity index is 1.87. The second kappa shape index (κ2) is 7.43. The number of ether oxygens (including phenoxy) is 1. The first-order valence-electron chi connectivity index (χ1n) is 9.34. The first-order chi connectivity index (χ1) is 14.6. The third-order valence-corrected chi connectivity index (χ3v) is 5.41. The van der Waals surface area contributed by atoms with Crippen LogP contribution < -0.4 is 5.43 Å². The fourth-order valence-corrected chi connectivity index (χ4v) is 3.69. The van der Waals surface area contributed by atoms with Crippen molar-refractivity contribution in [3.63, 3.8) is 0 Å². The third-order valence-electron chi connectivity index (χ3n) is 5.41. The zero-order valence-corrected chi connectivity index (χ0v) is 16.1. The second-order valence-corrected chi connectivity index (χ2v) is 7.44. The van der Waals surface area contributed by atoms with E-state index in [1.54, 1.807) is 0 Å². The van der Waals surface area contributed by atoms with Crippen molar-refractivity contribution in [2.24, 2.45) is 0 Å². The molecular formula is C21H20O10. The smallest absolute Gasteiger partial charge is 0.197 e. The van der Waals surface area contributed by atoms with Gasteiger partial charge in [0.15, 0.2) is 16.9 Å². The van der Waals surface area contributed by atoms with Crippen LogP contribution in [0.15, 0.2) is 39.5 Å². The van der Waals surface area contributed by atoms with Gasteiger partial charge in [-0.25, -0.2) is 0 Å². The Morgan fingerprint density at radius 2 is 1.55 bits per heavy atom. The number of benzene rings is 2. The Morgan fingerprint density at radius 3 is 2.23 bits per heavy atom. The lowest BCUT2D eigenvalue weighted by Gasteiger charge is -2.39. The molecule has 0 radical (unpaired) electrons. The van der Waals surface area contributed by atoms with Crippen LogP contribution in [0.5, 0.6) is 23.0 Å². The quantitative estimate of drug-likeness (QED) is 0.286. The summed E-state index contributed by atoms with van der Waals surface area (Å²) in [7, 11) is 0. The van der Waals surface area contributed by atoms with Gasteiger partial charge in [0.2, 0.25) is 0 Å². The van der Waals surface area contributed by atoms with E-state index in [1.165, 1.54) is 25.1 Å². The minimum absolute atomic E-state index is 0.000433. The fraction of sp³-hybridized carbons (Fsp3) is 0.286. The molecule has 0 amide bonds. The van der Waals surface area contributed by atoms with Crippen LogP contribution in [0.1, 0.15) is 18.6 Å². The van der Waals surface area contributed by atoms with Gasteiger partial charge in [0, 0.05) is 17.7 Å². The minimum Gasteiger partial charge on any atom is -0.507 e. The van der Waals surface area contributed by atoms with Crippen LogP contribution in [0.3, 0.4) is 0 Å². The van der Waals surface area contributed by atoms with E-state index in [-0.39, 0.29) is 33.6 Å². The summed E-state index contributed by atoms with van der Waals surface area (Å²) in [5, 5.41) is 70.3. The van der Waals surface area contributed by atoms with Crippen molar-refractivity contribution in [2.75, 3.05) is 0 Å². The van der Waals surface area contributed by atoms with Crippen molar-refractivity contribution >= 4 is 11.0 Å². The fourth-order valence-electron chi connectivity index (χ4n) is 3.69. The summed E-state index contributed by atoms with van der Waals surface area (Å²) in [6.45, 7) is 1.44. The molecule has 0 aliphatic carbocycles. The molecule has 10 nitrogen and oxygen atoms in total. The molecule has 1 aliphatic rings. The van der Waals surface area contributed by atoms with E-state index in [2.05, 4.69) is 0 Å². The molecule has 0 bridgehead atoms. The molecule has 1 aromatic heterocycles. The van der Waals surface area contributed by atoms with Gasteiger partial charge in [-0.05, 0) is 25.1 Å². The summed E-state index contributed by atoms with van der Waals surface area (Å²) in [6.07, 6.45) is -7.04. The van der Waals surface area contributed by atoms with Gasteiger partial charge in [0.1, 0.15) is 52.6 Å². The van der Waals surface area contributed by atoms with Crippen molar-refractivity contribution in [2.45, 2.75) is 37.4 Å². The average molecular weight is 432 g/mol. The van der Waals surface area contributed by atoms with E-state index in [0.29, 0.717) is 0 Å². The molecule has 1 aliphatic heterocycles. The Labute approximate surface area is 174 Å². The van der Waals surface area contributed by atoms with Crippen LogP contribution in [-0.4, -0.2) is 60.2 Å². The van der Waals surface area contributed by atoms with Gasteiger partial charge in [0.05, 0.1) is 11.7 Å². The maximum atomic E-state index is 12.7. The average Bonchev–Trinajstić information content (AvgIpc) is 2.71. The van der Waals surface area contributed by atoms with E-state index in [9.17, 15) is 40.5 Å². The molecule has 5 unspecified atom stereocenters. The number of phenolic OH excluding ortho intramolecular Hbond substituents is 4. The van der Waals surface area contributed by atoms with Gasteiger partial charge < -0.3 is 44.9 Å². The summed E-state index contributed by atoms with van der Waals surface area (Å²) in [5.74, 6) is -2.07. The number of aromatic hydroxyl groups is 4. The van der Waals surface area contributed by atoms with Crippen molar-refractivity contribution in [3.05, 3.63) is 46.1 Å². The van der Waals surface area contributed by atoms with Gasteiger partial charge in [-0.15, -0.1) is 0 Å². The van der Waals surface area contributed by atoms with Gasteiger partial charge in [-0.2, -0.15) is 0 Å². The van der Waals surface area contributed by atoms with Gasteiger partial charge in [-0.3, -0.25) is 4.79 Å². The first-order valence-corrected chi connectivity index (χ1v) is 9.34. The van der Waals surface area contributed by atoms with Crippen molar-refractivity contribution < 1.29 is 44.9 Å². The van der Waals surface area contributed by atoms with E-state index in [1.807, 2.05) is 0 Å². The summed E-state index contributed by atoms with van der Waals surface area (Å²) < 4.78 is 11.1. The highest BCUT2D eigenvalue weighted by Gasteiger charge is 2.44. The highest BCUT2D eigenvalue weighted by molar-refractivity contribution is 5.88. The molecule has 0 spiro atoms. The van der Waals surface area contributed by atoms with Crippen LogP contribution >= 0.6 is 0 Å². The van der Waals surface area contributed by atoms with E-state index in [4.69, 9.17) is 9.15 Å². The number of hydrogen-bond acceptors (Lipinski definition) is 10. The SMILES string of the molecule is CC1OC(c2c(O)cc3oc(-c4ccc(O)c(O)c4)cc(=O)c3c2O)C(O)C(O)C1O. The zero-order chi connectivity index (χ0) is 22.6. The standard InChI is InChI=1S/C21H20O10/c1-7-17(26)19(28)20(29)21(30-7)16-12(25)6-14-15(18(16)27)11(24)5-13(31-14)8-2-3-9(22)10(23)4-8/h2-7,17,19-23,25-29H,1H3. The van der Waals surface area contributed by atoms with E-state index >= 15 is 0 Å². The van der Waals surface area contributed by atoms with Crippen LogP contribution in [0.2, 0.25) is 0 Å². The third kappa shape index (κ3) is 3.35. The Hall–Kier alpha value is -3.31. The molecule has 31 heavy (non-hydrogen) atoms. The monoisotopic (exact) mass is 432 g/mol. The topological polar surface area (TPSA) is 181 Å². The molecule has 0 saturated carbocycles. The Kier molecular flexibility index (Phi) is 5.02. The maximum Gasteiger partial charge on any atom is 0.197 e. The van der Waals surface area contributed by atoms with Gasteiger partial charge >= 0.3 is 0 Å². The lowest BCUT2D eigenvalue weighted by Crippen LogP contribution is -2.53. The molecular weight excluding hydrogens is 412 g/mol. The Morgan fingerprint density at radius 1 is 0.839 bits per heavy atom. The molecule has 1 saturated heterocycles. The molecule has 164 valence electrons. The van der Waals surface area contributed by atoms with E-state index < -0.39 is 53.2 Å². The number of fused-ring (bicyclic) bond motifs is 1. The highest BCUT2D eigenvalue weighted by Crippen LogP contribution is 2.44. The summed E-state index contributed by atoms with van der Waals surface area (Å²) in [6, 6.07) is 5.87. The predicted octanol–water partition coefficient (Wildman–Crippen LogP) is 0.825. The van der Waals surface area contributed by atoms with E-state index in [0.717, 1.165) is 12.1 Å². The summed E-state index contributed by atoms with van der Waals surface area (Å²) >= 11 is 0. The van der Waals surface area contributed by atoms with Crippen LogP contribution in [0.4, 0.5) is 0 Å². The number of phenols is 4. The Bertz CT molecular complexity index is 1220. The second-order valence-electron chi connectivity index (χ2n) is 7.44. The molecule has 3 aromatic rings. The van der Waals surface area contributed by atoms with Crippen LogP contribution in [0, 0.1) is 0 Å². The minimum atomic E-state index is -1.69. The van der Waals surface area contributed by atoms with Crippen LogP contribution in [0.25, 0.3) is 22.3 Å². The lowest BCUT2D eigenvalue weighted by molar-refractivity contribution is -0.220. The summed E-state index contributed by atoms with van der Waals surface area (Å²) in [5.41, 5.74) is -0.955. The molecule has 4 rings (SSSR count). The van der Waals surface area contributed by atoms with Crippen molar-refractivity contribution in [1.29, 1.82) is 0 Å². The van der Waals surface area contributed by atoms with Gasteiger partial charge in [-0.1, -0.05) is 0 Å².